The molecule has 4 nitrogen and oxygen atoms in total. The molecule has 0 radical (unpaired) electrons. The summed E-state index contributed by atoms with van der Waals surface area (Å²) in [6.45, 7) is 11.7. The lowest BCUT2D eigenvalue weighted by Crippen LogP contribution is -2.23. The van der Waals surface area contributed by atoms with E-state index in [0.29, 0.717) is 11.4 Å². The van der Waals surface area contributed by atoms with Crippen molar-refractivity contribution in [2.45, 2.75) is 59.0 Å². The lowest BCUT2D eigenvalue weighted by Gasteiger charge is -2.21. The van der Waals surface area contributed by atoms with Crippen molar-refractivity contribution in [3.05, 3.63) is 70.8 Å². The van der Waals surface area contributed by atoms with Crippen molar-refractivity contribution < 1.29 is 27.1 Å². The summed E-state index contributed by atoms with van der Waals surface area (Å²) in [5.74, 6) is -7.55. The Balaban J connectivity index is 2.28. The van der Waals surface area contributed by atoms with Crippen molar-refractivity contribution in [2.24, 2.45) is 5.92 Å². The molecule has 0 spiro atoms. The quantitative estimate of drug-likeness (QED) is 0.246. The van der Waals surface area contributed by atoms with Gasteiger partial charge in [0.2, 0.25) is 0 Å². The number of benzene rings is 1. The Morgan fingerprint density at radius 1 is 1.03 bits per heavy atom. The molecule has 0 aliphatic carbocycles. The number of halogens is 4. The SMILES string of the molecule is C=CCc1c(F)c(F)c(COC(=O)C(c2cnc(C(C)(C)C)nc2)C(C)C)c(F)c1F. The van der Waals surface area contributed by atoms with E-state index in [4.69, 9.17) is 4.74 Å². The summed E-state index contributed by atoms with van der Waals surface area (Å²) in [6.07, 6.45) is 3.75. The minimum absolute atomic E-state index is 0.255. The lowest BCUT2D eigenvalue weighted by molar-refractivity contribution is -0.148. The Kier molecular flexibility index (Phi) is 7.57. The highest BCUT2D eigenvalue weighted by molar-refractivity contribution is 5.78. The van der Waals surface area contributed by atoms with Gasteiger partial charge in [-0.25, -0.2) is 27.5 Å². The number of allylic oxidation sites excluding steroid dienone is 1. The van der Waals surface area contributed by atoms with Crippen LogP contribution in [-0.2, 0) is 28.0 Å². The molecular weight excluding hydrogens is 412 g/mol. The van der Waals surface area contributed by atoms with Gasteiger partial charge in [-0.3, -0.25) is 4.79 Å². The zero-order valence-corrected chi connectivity index (χ0v) is 18.2. The van der Waals surface area contributed by atoms with E-state index in [1.165, 1.54) is 12.4 Å². The maximum atomic E-state index is 14.3. The Labute approximate surface area is 179 Å². The zero-order valence-electron chi connectivity index (χ0n) is 18.2. The number of ether oxygens (including phenoxy) is 1. The summed E-state index contributed by atoms with van der Waals surface area (Å²) in [7, 11) is 0. The van der Waals surface area contributed by atoms with Crippen LogP contribution in [0.1, 0.15) is 63.1 Å². The summed E-state index contributed by atoms with van der Waals surface area (Å²) >= 11 is 0. The lowest BCUT2D eigenvalue weighted by atomic mass is 9.89. The molecule has 1 atom stereocenters. The molecule has 0 aliphatic heterocycles. The van der Waals surface area contributed by atoms with Crippen molar-refractivity contribution in [2.75, 3.05) is 0 Å². The highest BCUT2D eigenvalue weighted by Crippen LogP contribution is 2.29. The molecule has 31 heavy (non-hydrogen) atoms. The Bertz CT molecular complexity index is 938. The Morgan fingerprint density at radius 3 is 1.94 bits per heavy atom. The third kappa shape index (κ3) is 5.29. The smallest absolute Gasteiger partial charge is 0.314 e. The molecule has 1 unspecified atom stereocenters. The van der Waals surface area contributed by atoms with Crippen LogP contribution >= 0.6 is 0 Å². The topological polar surface area (TPSA) is 52.1 Å². The van der Waals surface area contributed by atoms with Crippen LogP contribution in [0.2, 0.25) is 0 Å². The monoisotopic (exact) mass is 438 g/mol. The predicted molar refractivity (Wildman–Crippen MR) is 108 cm³/mol. The van der Waals surface area contributed by atoms with Gasteiger partial charge in [-0.05, 0) is 12.3 Å². The van der Waals surface area contributed by atoms with Gasteiger partial charge in [0.1, 0.15) is 12.4 Å². The minimum atomic E-state index is -1.59. The normalized spacial score (nSPS) is 12.7. The number of esters is 1. The van der Waals surface area contributed by atoms with Gasteiger partial charge < -0.3 is 4.74 Å². The largest absolute Gasteiger partial charge is 0.460 e. The van der Waals surface area contributed by atoms with Gasteiger partial charge in [-0.15, -0.1) is 6.58 Å². The molecule has 0 fully saturated rings. The molecule has 0 N–H and O–H groups in total. The van der Waals surface area contributed by atoms with Crippen LogP contribution in [0, 0.1) is 29.2 Å². The standard InChI is InChI=1S/C23H26F4N2O2/c1-7-8-14-17(24)19(26)15(20(27)18(14)25)11-31-21(30)16(12(2)3)13-9-28-22(29-10-13)23(4,5)6/h7,9-10,12,16H,1,8,11H2,2-6H3. The van der Waals surface area contributed by atoms with Gasteiger partial charge in [0.05, 0.1) is 11.5 Å². The minimum Gasteiger partial charge on any atom is -0.460 e. The first-order valence-corrected chi connectivity index (χ1v) is 9.83. The molecule has 0 saturated heterocycles. The molecule has 0 bridgehead atoms. The second kappa shape index (κ2) is 9.58. The molecule has 1 aromatic carbocycles. The molecule has 0 aliphatic rings. The van der Waals surface area contributed by atoms with Gasteiger partial charge in [0, 0.05) is 28.9 Å². The van der Waals surface area contributed by atoms with Crippen molar-refractivity contribution in [3.63, 3.8) is 0 Å². The number of hydrogen-bond acceptors (Lipinski definition) is 4. The summed E-state index contributed by atoms with van der Waals surface area (Å²) in [6, 6.07) is 0. The summed E-state index contributed by atoms with van der Waals surface area (Å²) in [4.78, 5) is 21.3. The number of carbonyl (C=O) groups is 1. The van der Waals surface area contributed by atoms with Gasteiger partial charge in [-0.1, -0.05) is 40.7 Å². The maximum Gasteiger partial charge on any atom is 0.314 e. The first kappa shape index (κ1) is 24.5. The van der Waals surface area contributed by atoms with Gasteiger partial charge in [0.15, 0.2) is 23.3 Å². The van der Waals surface area contributed by atoms with Crippen LogP contribution in [0.5, 0.6) is 0 Å². The van der Waals surface area contributed by atoms with Crippen LogP contribution in [-0.4, -0.2) is 15.9 Å². The van der Waals surface area contributed by atoms with Gasteiger partial charge in [-0.2, -0.15) is 0 Å². The first-order valence-electron chi connectivity index (χ1n) is 9.83. The zero-order chi connectivity index (χ0) is 23.5. The van der Waals surface area contributed by atoms with Crippen molar-refractivity contribution >= 4 is 5.97 Å². The second-order valence-electron chi connectivity index (χ2n) is 8.63. The van der Waals surface area contributed by atoms with Crippen LogP contribution in [0.4, 0.5) is 17.6 Å². The predicted octanol–water partition coefficient (Wildman–Crippen LogP) is 5.54. The molecule has 1 aromatic heterocycles. The molecular formula is C23H26F4N2O2. The van der Waals surface area contributed by atoms with Crippen molar-refractivity contribution in [3.8, 4) is 0 Å². The molecule has 168 valence electrons. The number of carbonyl (C=O) groups excluding carboxylic acids is 1. The summed E-state index contributed by atoms with van der Waals surface area (Å²) < 4.78 is 61.9. The van der Waals surface area contributed by atoms with Crippen LogP contribution in [0.15, 0.2) is 25.0 Å². The van der Waals surface area contributed by atoms with Gasteiger partial charge in [0.25, 0.3) is 0 Å². The second-order valence-corrected chi connectivity index (χ2v) is 8.63. The third-order valence-electron chi connectivity index (χ3n) is 4.77. The third-order valence-corrected chi connectivity index (χ3v) is 4.77. The maximum absolute atomic E-state index is 14.3. The van der Waals surface area contributed by atoms with Crippen LogP contribution in [0.3, 0.4) is 0 Å². The Hall–Kier alpha value is -2.77. The number of hydrogen-bond donors (Lipinski definition) is 0. The van der Waals surface area contributed by atoms with E-state index in [1.807, 2.05) is 20.8 Å². The fourth-order valence-corrected chi connectivity index (χ4v) is 3.09. The fraction of sp³-hybridized carbons (Fsp3) is 0.435. The fourth-order valence-electron chi connectivity index (χ4n) is 3.09. The highest BCUT2D eigenvalue weighted by atomic mass is 19.2. The van der Waals surface area contributed by atoms with E-state index in [0.717, 1.165) is 6.08 Å². The summed E-state index contributed by atoms with van der Waals surface area (Å²) in [5.41, 5.74) is -1.57. The van der Waals surface area contributed by atoms with E-state index in [-0.39, 0.29) is 17.8 Å². The highest BCUT2D eigenvalue weighted by Gasteiger charge is 2.30. The molecule has 8 heteroatoms. The van der Waals surface area contributed by atoms with Crippen LogP contribution in [0.25, 0.3) is 0 Å². The average molecular weight is 438 g/mol. The molecule has 2 rings (SSSR count). The van der Waals surface area contributed by atoms with Gasteiger partial charge >= 0.3 is 5.97 Å². The summed E-state index contributed by atoms with van der Waals surface area (Å²) in [5, 5.41) is 0. The Morgan fingerprint density at radius 2 is 1.52 bits per heavy atom. The van der Waals surface area contributed by atoms with E-state index in [1.54, 1.807) is 13.8 Å². The van der Waals surface area contributed by atoms with Crippen LogP contribution < -0.4 is 0 Å². The van der Waals surface area contributed by atoms with Crippen molar-refractivity contribution in [1.29, 1.82) is 0 Å². The van der Waals surface area contributed by atoms with Crippen molar-refractivity contribution in [1.82, 2.24) is 9.97 Å². The first-order chi connectivity index (χ1) is 14.4. The molecule has 0 amide bonds. The molecule has 1 heterocycles. The van der Waals surface area contributed by atoms with E-state index in [9.17, 15) is 22.4 Å². The molecule has 0 saturated carbocycles. The van der Waals surface area contributed by atoms with E-state index in [2.05, 4.69) is 16.5 Å². The average Bonchev–Trinajstić information content (AvgIpc) is 2.69. The van der Waals surface area contributed by atoms with E-state index < -0.39 is 52.9 Å². The number of aromatic nitrogens is 2. The molecule has 2 aromatic rings. The number of rotatable bonds is 7. The number of nitrogens with zero attached hydrogens (tertiary/aromatic N) is 2. The van der Waals surface area contributed by atoms with E-state index >= 15 is 0 Å².